The van der Waals surface area contributed by atoms with Crippen molar-refractivity contribution in [2.75, 3.05) is 11.5 Å². The van der Waals surface area contributed by atoms with Crippen LogP contribution in [0.4, 0.5) is 0 Å². The molecule has 0 spiro atoms. The van der Waals surface area contributed by atoms with Crippen LogP contribution in [0.5, 0.6) is 0 Å². The molecule has 0 bridgehead atoms. The summed E-state index contributed by atoms with van der Waals surface area (Å²) >= 11 is 2.27. The van der Waals surface area contributed by atoms with E-state index >= 15 is 0 Å². The molecule has 2 amide bonds. The van der Waals surface area contributed by atoms with E-state index in [2.05, 4.69) is 15.5 Å². The van der Waals surface area contributed by atoms with Gasteiger partial charge in [0.2, 0.25) is 11.8 Å². The number of rotatable bonds is 9. The molecule has 1 fully saturated rings. The molecule has 3 atom stereocenters. The maximum atomic E-state index is 12.8. The van der Waals surface area contributed by atoms with Crippen molar-refractivity contribution in [3.8, 4) is 0 Å². The van der Waals surface area contributed by atoms with Gasteiger partial charge in [0, 0.05) is 11.5 Å². The fourth-order valence-corrected chi connectivity index (χ4v) is 6.43. The van der Waals surface area contributed by atoms with Gasteiger partial charge in [-0.1, -0.05) is 30.0 Å². The number of amides is 2. The average Bonchev–Trinajstić information content (AvgIpc) is 3.25. The fraction of sp³-hybridized carbons (Fsp3) is 0.421. The number of thioether (sulfide) groups is 2. The zero-order valence-electron chi connectivity index (χ0n) is 18.0. The first-order valence-electron chi connectivity index (χ1n) is 10.3. The monoisotopic (exact) mass is 543 g/mol. The Bertz CT molecular complexity index is 1250. The summed E-state index contributed by atoms with van der Waals surface area (Å²) in [5, 5.41) is 19.0. The predicted molar refractivity (Wildman–Crippen MR) is 124 cm³/mol. The average molecular weight is 544 g/mol. The number of carbonyl (C=O) groups excluding carboxylic acids is 2. The zero-order valence-corrected chi connectivity index (χ0v) is 20.4. The lowest BCUT2D eigenvalue weighted by atomic mass is 9.97. The molecule has 3 aliphatic rings. The molecule has 188 valence electrons. The van der Waals surface area contributed by atoms with Crippen LogP contribution in [0.15, 0.2) is 44.7 Å². The van der Waals surface area contributed by atoms with E-state index in [-0.39, 0.29) is 28.3 Å². The number of carboxylic acids is 1. The van der Waals surface area contributed by atoms with Gasteiger partial charge in [-0.05, 0) is 24.0 Å². The predicted octanol–water partition coefficient (Wildman–Crippen LogP) is -0.108. The second kappa shape index (κ2) is 10.1. The molecule has 16 heteroatoms. The van der Waals surface area contributed by atoms with Gasteiger partial charge in [0.25, 0.3) is 21.2 Å². The summed E-state index contributed by atoms with van der Waals surface area (Å²) < 4.78 is 35.8. The third kappa shape index (κ3) is 5.61. The highest BCUT2D eigenvalue weighted by atomic mass is 32.2. The van der Waals surface area contributed by atoms with Gasteiger partial charge in [-0.2, -0.15) is 8.42 Å². The van der Waals surface area contributed by atoms with Crippen LogP contribution in [-0.4, -0.2) is 79.9 Å². The van der Waals surface area contributed by atoms with Gasteiger partial charge in [0.15, 0.2) is 5.75 Å². The van der Waals surface area contributed by atoms with Crippen LogP contribution in [-0.2, 0) is 30.3 Å². The third-order valence-electron chi connectivity index (χ3n) is 5.39. The molecular weight excluding hydrogens is 522 g/mol. The molecule has 3 heterocycles. The number of aliphatic carboxylic acids is 1. The third-order valence-corrected chi connectivity index (χ3v) is 8.25. The van der Waals surface area contributed by atoms with E-state index in [1.165, 1.54) is 11.8 Å². The smallest absolute Gasteiger partial charge is 0.352 e. The number of nitrogens with two attached hydrogens (primary N) is 1. The molecule has 1 saturated heterocycles. The van der Waals surface area contributed by atoms with Gasteiger partial charge in [0.05, 0.1) is 0 Å². The van der Waals surface area contributed by atoms with Crippen molar-refractivity contribution in [2.45, 2.75) is 41.3 Å². The van der Waals surface area contributed by atoms with E-state index in [1.807, 2.05) is 18.2 Å². The number of carboxylic acid groups (broad SMARTS) is 1. The van der Waals surface area contributed by atoms with Crippen molar-refractivity contribution >= 4 is 51.4 Å². The molecule has 1 aromatic rings. The minimum absolute atomic E-state index is 0.0195. The Labute approximate surface area is 208 Å². The molecule has 35 heavy (non-hydrogen) atoms. The van der Waals surface area contributed by atoms with Gasteiger partial charge >= 0.3 is 5.97 Å². The number of allylic oxidation sites excluding steroid dienone is 3. The molecule has 2 aliphatic heterocycles. The van der Waals surface area contributed by atoms with Gasteiger partial charge < -0.3 is 20.6 Å². The molecule has 0 radical (unpaired) electrons. The van der Waals surface area contributed by atoms with Crippen molar-refractivity contribution in [2.24, 2.45) is 5.73 Å². The maximum absolute atomic E-state index is 12.8. The van der Waals surface area contributed by atoms with Crippen molar-refractivity contribution in [1.29, 1.82) is 0 Å². The molecule has 4 rings (SSSR count). The molecule has 1 aliphatic carbocycles. The van der Waals surface area contributed by atoms with Crippen LogP contribution in [0.25, 0.3) is 0 Å². The quantitative estimate of drug-likeness (QED) is 0.139. The van der Waals surface area contributed by atoms with Crippen LogP contribution in [0.1, 0.15) is 18.7 Å². The van der Waals surface area contributed by atoms with Crippen molar-refractivity contribution in [1.82, 2.24) is 20.4 Å². The number of hydrogen-bond acceptors (Lipinski definition) is 11. The Hall–Kier alpha value is -2.66. The Balaban J connectivity index is 1.41. The Morgan fingerprint density at radius 1 is 1.37 bits per heavy atom. The SMILES string of the molecule is NC(C(=O)NC1C(=O)N2C(C(=O)O)=C(CSc3nnc(CS(=O)(=O)O)o3)CS[C@H]12)C1=CCC=CC1. The largest absolute Gasteiger partial charge is 0.477 e. The van der Waals surface area contributed by atoms with E-state index in [1.54, 1.807) is 0 Å². The molecule has 0 saturated carbocycles. The van der Waals surface area contributed by atoms with Crippen LogP contribution in [0.2, 0.25) is 0 Å². The maximum Gasteiger partial charge on any atom is 0.352 e. The van der Waals surface area contributed by atoms with Crippen LogP contribution >= 0.6 is 23.5 Å². The summed E-state index contributed by atoms with van der Waals surface area (Å²) in [4.78, 5) is 38.5. The molecule has 2 unspecified atom stereocenters. The first-order valence-corrected chi connectivity index (χ1v) is 13.9. The first-order chi connectivity index (χ1) is 16.5. The number of β-lactam (4-membered cyclic amide) rings is 1. The summed E-state index contributed by atoms with van der Waals surface area (Å²) in [6.45, 7) is 0. The fourth-order valence-electron chi connectivity index (χ4n) is 3.74. The number of carbonyl (C=O) groups is 3. The second-order valence-corrected chi connectivity index (χ2v) is 11.3. The topological polar surface area (TPSA) is 206 Å². The lowest BCUT2D eigenvalue weighted by Crippen LogP contribution is -2.71. The van der Waals surface area contributed by atoms with E-state index in [0.717, 1.165) is 22.2 Å². The molecule has 1 aromatic heterocycles. The summed E-state index contributed by atoms with van der Waals surface area (Å²) in [6, 6.07) is -1.78. The van der Waals surface area contributed by atoms with Crippen molar-refractivity contribution in [3.63, 3.8) is 0 Å². The van der Waals surface area contributed by atoms with Gasteiger partial charge in [-0.15, -0.1) is 22.0 Å². The number of nitrogens with zero attached hydrogens (tertiary/aromatic N) is 3. The van der Waals surface area contributed by atoms with Crippen LogP contribution in [0, 0.1) is 0 Å². The highest BCUT2D eigenvalue weighted by molar-refractivity contribution is 8.01. The standard InChI is InChI=1S/C19H21N5O8S3/c20-12(9-4-2-1-3-5-9)15(25)21-13-16(26)24-14(18(27)28)10(6-33-17(13)24)7-34-19-23-22-11(32-19)8-35(29,30)31/h1-2,5,12-13,17H,3-4,6-8,20H2,(H,21,25)(H,27,28)(H,29,30,31)/t12?,13?,17-/m1/s1. The minimum atomic E-state index is -4.34. The summed E-state index contributed by atoms with van der Waals surface area (Å²) in [7, 11) is -4.34. The summed E-state index contributed by atoms with van der Waals surface area (Å²) in [5.41, 5.74) is 7.04. The van der Waals surface area contributed by atoms with Crippen LogP contribution in [0.3, 0.4) is 0 Å². The lowest BCUT2D eigenvalue weighted by Gasteiger charge is -2.49. The van der Waals surface area contributed by atoms with Crippen molar-refractivity contribution in [3.05, 3.63) is 41.0 Å². The van der Waals surface area contributed by atoms with Gasteiger partial charge in [-0.3, -0.25) is 19.0 Å². The Kier molecular flexibility index (Phi) is 7.37. The Morgan fingerprint density at radius 2 is 2.14 bits per heavy atom. The molecule has 13 nitrogen and oxygen atoms in total. The van der Waals surface area contributed by atoms with E-state index in [4.69, 9.17) is 14.7 Å². The minimum Gasteiger partial charge on any atom is -0.477 e. The van der Waals surface area contributed by atoms with Crippen LogP contribution < -0.4 is 11.1 Å². The zero-order chi connectivity index (χ0) is 25.3. The molecular formula is C19H21N5O8S3. The summed E-state index contributed by atoms with van der Waals surface area (Å²) in [5.74, 6) is -3.13. The van der Waals surface area contributed by atoms with E-state index < -0.39 is 51.1 Å². The Morgan fingerprint density at radius 3 is 2.80 bits per heavy atom. The lowest BCUT2D eigenvalue weighted by molar-refractivity contribution is -0.150. The van der Waals surface area contributed by atoms with Gasteiger partial charge in [0.1, 0.15) is 23.2 Å². The number of nitrogens with one attached hydrogen (secondary N) is 1. The highest BCUT2D eigenvalue weighted by Gasteiger charge is 2.54. The van der Waals surface area contributed by atoms with Gasteiger partial charge in [-0.25, -0.2) is 4.79 Å². The number of fused-ring (bicyclic) bond motifs is 1. The number of hydrogen-bond donors (Lipinski definition) is 4. The van der Waals surface area contributed by atoms with E-state index in [9.17, 15) is 27.9 Å². The second-order valence-electron chi connectivity index (χ2n) is 7.80. The molecule has 0 aromatic carbocycles. The summed E-state index contributed by atoms with van der Waals surface area (Å²) in [6.07, 6.45) is 7.00. The highest BCUT2D eigenvalue weighted by Crippen LogP contribution is 2.41. The normalized spacial score (nSPS) is 22.9. The van der Waals surface area contributed by atoms with E-state index in [0.29, 0.717) is 18.4 Å². The number of aromatic nitrogens is 2. The molecule has 5 N–H and O–H groups in total. The van der Waals surface area contributed by atoms with Crippen molar-refractivity contribution < 1.29 is 36.9 Å². The first kappa shape index (κ1) is 25.4.